The van der Waals surface area contributed by atoms with Gasteiger partial charge in [-0.3, -0.25) is 0 Å². The molecule has 0 radical (unpaired) electrons. The largest absolute Gasteiger partial charge is 0.338 e. The van der Waals surface area contributed by atoms with Crippen LogP contribution in [-0.4, -0.2) is 19.6 Å². The van der Waals surface area contributed by atoms with Crippen molar-refractivity contribution in [1.29, 1.82) is 0 Å². The molecule has 2 aliphatic carbocycles. The molecule has 2 heterocycles. The fourth-order valence-corrected chi connectivity index (χ4v) is 8.90. The molecule has 1 aliphatic heterocycles. The van der Waals surface area contributed by atoms with Crippen molar-refractivity contribution < 1.29 is 4.57 Å². The molecule has 0 saturated carbocycles. The predicted octanol–water partition coefficient (Wildman–Crippen LogP) is 8.04. The van der Waals surface area contributed by atoms with E-state index in [0.717, 1.165) is 6.42 Å². The summed E-state index contributed by atoms with van der Waals surface area (Å²) in [5.41, 5.74) is 7.02. The van der Waals surface area contributed by atoms with Crippen molar-refractivity contribution >= 4 is 77.5 Å². The lowest BCUT2D eigenvalue weighted by Gasteiger charge is -2.28. The molecule has 0 amide bonds. The summed E-state index contributed by atoms with van der Waals surface area (Å²) in [4.78, 5) is 6.24. The Labute approximate surface area is 239 Å². The first-order valence-electron chi connectivity index (χ1n) is 12.6. The van der Waals surface area contributed by atoms with E-state index in [4.69, 9.17) is 11.2 Å². The van der Waals surface area contributed by atoms with E-state index in [2.05, 4.69) is 96.8 Å². The maximum absolute atomic E-state index is 5.52. The van der Waals surface area contributed by atoms with Crippen LogP contribution in [0, 0.1) is 5.92 Å². The molecular weight excluding hydrogens is 549 g/mol. The van der Waals surface area contributed by atoms with E-state index in [1.54, 1.807) is 11.8 Å². The highest BCUT2D eigenvalue weighted by molar-refractivity contribution is 8.28. The Morgan fingerprint density at radius 3 is 2.76 bits per heavy atom. The van der Waals surface area contributed by atoms with Gasteiger partial charge >= 0.3 is 0 Å². The predicted molar refractivity (Wildman–Crippen MR) is 169 cm³/mol. The molecule has 2 nitrogen and oxygen atoms in total. The molecule has 3 aromatic rings. The van der Waals surface area contributed by atoms with Crippen molar-refractivity contribution in [2.75, 3.05) is 24.5 Å². The zero-order chi connectivity index (χ0) is 25.7. The fourth-order valence-electron chi connectivity index (χ4n) is 5.40. The Balaban J connectivity index is 1.28. The normalized spacial score (nSPS) is 22.3. The number of allylic oxidation sites excluding steroid dienone is 6. The third-order valence-electron chi connectivity index (χ3n) is 7.60. The smallest absolute Gasteiger partial charge is 0.262 e. The molecule has 0 bridgehead atoms. The maximum atomic E-state index is 5.52. The van der Waals surface area contributed by atoms with Crippen LogP contribution in [0.25, 0.3) is 16.3 Å². The number of hydrogen-bond donors (Lipinski definition) is 0. The second-order valence-electron chi connectivity index (χ2n) is 9.92. The van der Waals surface area contributed by atoms with Crippen molar-refractivity contribution in [2.45, 2.75) is 40.4 Å². The minimum absolute atomic E-state index is 0.133. The standard InChI is InChI=1S/C30H31N2S5/c1-31-25-17-23(34-3)9-11-27(25)35-29(31)15-19-5-7-21-8-6-20(14-22(21)13-19)16-30-32(2)26-18-24(37(4)33)10-12-28(26)36-30/h9-18,21H,5-8H2,1-4H3/q+1. The van der Waals surface area contributed by atoms with Crippen molar-refractivity contribution in [3.05, 3.63) is 81.4 Å². The number of thioether (sulfide) groups is 2. The second-order valence-corrected chi connectivity index (χ2v) is 15.8. The summed E-state index contributed by atoms with van der Waals surface area (Å²) in [6.07, 6.45) is 18.9. The molecule has 3 aliphatic rings. The van der Waals surface area contributed by atoms with Crippen LogP contribution in [0.3, 0.4) is 0 Å². The Kier molecular flexibility index (Phi) is 7.27. The van der Waals surface area contributed by atoms with E-state index >= 15 is 0 Å². The summed E-state index contributed by atoms with van der Waals surface area (Å²) in [5.74, 6) is 0.697. The third-order valence-corrected chi connectivity index (χ3v) is 12.2. The van der Waals surface area contributed by atoms with Gasteiger partial charge in [-0.1, -0.05) is 44.7 Å². The van der Waals surface area contributed by atoms with Crippen LogP contribution in [0.5, 0.6) is 0 Å². The van der Waals surface area contributed by atoms with Gasteiger partial charge in [-0.05, 0) is 108 Å². The second kappa shape index (κ2) is 10.5. The van der Waals surface area contributed by atoms with E-state index in [1.165, 1.54) is 76.6 Å². The summed E-state index contributed by atoms with van der Waals surface area (Å²) in [5, 5.41) is 2.64. The van der Waals surface area contributed by atoms with E-state index in [1.807, 2.05) is 23.1 Å². The molecule has 1 aromatic heterocycles. The molecule has 6 rings (SSSR count). The SMILES string of the molecule is CSc1ccc2sc(C=C3C=C4C=C(C=C5Sc6ccc(S(C)=S)cc6N5C)CCC4CC3)[n+](C)c2c1. The van der Waals surface area contributed by atoms with Gasteiger partial charge in [0.05, 0.1) is 10.7 Å². The number of aromatic nitrogens is 1. The molecule has 37 heavy (non-hydrogen) atoms. The fraction of sp³-hybridized carbons (Fsp3) is 0.300. The van der Waals surface area contributed by atoms with Crippen LogP contribution in [0.4, 0.5) is 5.69 Å². The number of benzene rings is 2. The van der Waals surface area contributed by atoms with Crippen LogP contribution in [0.15, 0.2) is 91.1 Å². The molecule has 0 spiro atoms. The summed E-state index contributed by atoms with van der Waals surface area (Å²) in [6, 6.07) is 13.5. The van der Waals surface area contributed by atoms with E-state index < -0.39 is 0 Å². The summed E-state index contributed by atoms with van der Waals surface area (Å²) in [7, 11) is 4.25. The Morgan fingerprint density at radius 2 is 1.95 bits per heavy atom. The molecule has 190 valence electrons. The zero-order valence-electron chi connectivity index (χ0n) is 21.6. The number of nitrogens with zero attached hydrogens (tertiary/aromatic N) is 2. The Morgan fingerprint density at radius 1 is 1.11 bits per heavy atom. The Hall–Kier alpha value is -1.64. The van der Waals surface area contributed by atoms with Gasteiger partial charge in [0.1, 0.15) is 11.7 Å². The average molecular weight is 580 g/mol. The summed E-state index contributed by atoms with van der Waals surface area (Å²) < 4.78 is 3.71. The number of rotatable bonds is 4. The van der Waals surface area contributed by atoms with Gasteiger partial charge in [0, 0.05) is 33.9 Å². The van der Waals surface area contributed by atoms with Gasteiger partial charge < -0.3 is 4.90 Å². The molecule has 2 aromatic carbocycles. The van der Waals surface area contributed by atoms with Crippen molar-refractivity contribution in [2.24, 2.45) is 13.0 Å². The summed E-state index contributed by atoms with van der Waals surface area (Å²) in [6.45, 7) is 0. The van der Waals surface area contributed by atoms with E-state index in [9.17, 15) is 0 Å². The van der Waals surface area contributed by atoms with Gasteiger partial charge in [-0.15, -0.1) is 11.8 Å². The molecular formula is C30H31N2S5+. The molecule has 0 fully saturated rings. The van der Waals surface area contributed by atoms with Gasteiger partial charge in [0.2, 0.25) is 5.52 Å². The van der Waals surface area contributed by atoms with Crippen molar-refractivity contribution in [3.8, 4) is 0 Å². The quantitative estimate of drug-likeness (QED) is 0.228. The number of anilines is 1. The van der Waals surface area contributed by atoms with E-state index in [-0.39, 0.29) is 9.45 Å². The third kappa shape index (κ3) is 5.06. The van der Waals surface area contributed by atoms with Gasteiger partial charge in [-0.25, -0.2) is 0 Å². The molecule has 2 atom stereocenters. The van der Waals surface area contributed by atoms with Crippen LogP contribution in [-0.2, 0) is 27.7 Å². The zero-order valence-corrected chi connectivity index (χ0v) is 25.7. The topological polar surface area (TPSA) is 7.12 Å². The number of thiazole rings is 1. The first-order chi connectivity index (χ1) is 17.9. The number of fused-ring (bicyclic) bond motifs is 3. The lowest BCUT2D eigenvalue weighted by atomic mass is 9.77. The Bertz CT molecular complexity index is 1560. The lowest BCUT2D eigenvalue weighted by molar-refractivity contribution is -0.642. The van der Waals surface area contributed by atoms with Crippen molar-refractivity contribution in [1.82, 2.24) is 0 Å². The molecule has 0 saturated heterocycles. The van der Waals surface area contributed by atoms with Crippen LogP contribution < -0.4 is 9.47 Å². The number of hydrogen-bond acceptors (Lipinski definition) is 5. The molecule has 0 N–H and O–H groups in total. The number of aryl methyl sites for hydroxylation is 1. The molecule has 7 heteroatoms. The van der Waals surface area contributed by atoms with Crippen LogP contribution >= 0.6 is 34.9 Å². The lowest BCUT2D eigenvalue weighted by Crippen LogP contribution is -2.29. The average Bonchev–Trinajstić information content (AvgIpc) is 3.38. The highest BCUT2D eigenvalue weighted by Crippen LogP contribution is 2.47. The van der Waals surface area contributed by atoms with Gasteiger partial charge in [-0.2, -0.15) is 4.57 Å². The highest BCUT2D eigenvalue weighted by atomic mass is 32.8. The van der Waals surface area contributed by atoms with Crippen molar-refractivity contribution in [3.63, 3.8) is 0 Å². The van der Waals surface area contributed by atoms with Crippen LogP contribution in [0.1, 0.15) is 30.7 Å². The monoisotopic (exact) mass is 579 g/mol. The first kappa shape index (κ1) is 25.6. The summed E-state index contributed by atoms with van der Waals surface area (Å²) >= 11 is 11.1. The maximum Gasteiger partial charge on any atom is 0.262 e. The van der Waals surface area contributed by atoms with Gasteiger partial charge in [0.15, 0.2) is 0 Å². The van der Waals surface area contributed by atoms with Gasteiger partial charge in [0.25, 0.3) is 5.01 Å². The minimum Gasteiger partial charge on any atom is -0.338 e. The van der Waals surface area contributed by atoms with Crippen LogP contribution in [0.2, 0.25) is 0 Å². The first-order valence-corrected chi connectivity index (χ1v) is 18.0. The molecule has 2 unspecified atom stereocenters. The van der Waals surface area contributed by atoms with E-state index in [0.29, 0.717) is 5.92 Å². The minimum atomic E-state index is -0.133. The highest BCUT2D eigenvalue weighted by Gasteiger charge is 2.26.